The minimum absolute atomic E-state index is 0.234. The minimum Gasteiger partial charge on any atom is -0.398 e. The molecule has 0 bridgehead atoms. The van der Waals surface area contributed by atoms with E-state index in [0.29, 0.717) is 0 Å². The van der Waals surface area contributed by atoms with Crippen LogP contribution in [0.1, 0.15) is 5.69 Å². The summed E-state index contributed by atoms with van der Waals surface area (Å²) in [6, 6.07) is 5.11. The molecule has 1 rings (SSSR count). The van der Waals surface area contributed by atoms with Crippen molar-refractivity contribution in [3.8, 4) is 18.2 Å². The van der Waals surface area contributed by atoms with Crippen LogP contribution in [0.3, 0.4) is 0 Å². The van der Waals surface area contributed by atoms with Crippen molar-refractivity contribution in [2.45, 2.75) is 6.92 Å². The van der Waals surface area contributed by atoms with Gasteiger partial charge in [-0.05, 0) is 13.0 Å². The maximum atomic E-state index is 10.6. The highest BCUT2D eigenvalue weighted by atomic mass is 16.5. The molecule has 0 unspecified atom stereocenters. The summed E-state index contributed by atoms with van der Waals surface area (Å²) in [6.45, 7) is 1.80. The van der Waals surface area contributed by atoms with Crippen LogP contribution in [-0.4, -0.2) is 11.0 Å². The molecule has 0 radical (unpaired) electrons. The van der Waals surface area contributed by atoms with E-state index in [-0.39, 0.29) is 5.88 Å². The molecule has 60 valence electrons. The van der Waals surface area contributed by atoms with Gasteiger partial charge in [0, 0.05) is 17.7 Å². The zero-order valence-corrected chi connectivity index (χ0v) is 6.57. The van der Waals surface area contributed by atoms with E-state index in [1.165, 1.54) is 0 Å². The van der Waals surface area contributed by atoms with E-state index in [0.717, 1.165) is 5.69 Å². The number of aromatic nitrogens is 1. The van der Waals surface area contributed by atoms with Crippen LogP contribution in [0.5, 0.6) is 5.88 Å². The maximum Gasteiger partial charge on any atom is 0.390 e. The summed E-state index contributed by atoms with van der Waals surface area (Å²) >= 11 is 0. The van der Waals surface area contributed by atoms with Crippen molar-refractivity contribution < 1.29 is 9.53 Å². The summed E-state index contributed by atoms with van der Waals surface area (Å²) in [5.41, 5.74) is 0.775. The molecular weight excluding hydrogens is 154 g/mol. The van der Waals surface area contributed by atoms with Crippen LogP contribution >= 0.6 is 0 Å². The lowest BCUT2D eigenvalue weighted by molar-refractivity contribution is -0.128. The van der Waals surface area contributed by atoms with E-state index in [2.05, 4.69) is 9.72 Å². The number of nitrogens with zero attached hydrogens (tertiary/aromatic N) is 1. The molecule has 0 saturated carbocycles. The van der Waals surface area contributed by atoms with Crippen molar-refractivity contribution in [3.63, 3.8) is 0 Å². The highest BCUT2D eigenvalue weighted by molar-refractivity contribution is 5.89. The summed E-state index contributed by atoms with van der Waals surface area (Å²) in [7, 11) is 0. The lowest BCUT2D eigenvalue weighted by atomic mass is 10.4. The van der Waals surface area contributed by atoms with Crippen molar-refractivity contribution in [2.75, 3.05) is 0 Å². The number of pyridine rings is 1. The predicted octanol–water partition coefficient (Wildman–Crippen LogP) is 0.929. The quantitative estimate of drug-likeness (QED) is 0.349. The first-order valence-electron chi connectivity index (χ1n) is 3.34. The second kappa shape index (κ2) is 3.54. The van der Waals surface area contributed by atoms with Gasteiger partial charge in [-0.2, -0.15) is 0 Å². The fourth-order valence-corrected chi connectivity index (χ4v) is 0.699. The average Bonchev–Trinajstić information content (AvgIpc) is 2.04. The third kappa shape index (κ3) is 2.10. The van der Waals surface area contributed by atoms with Crippen LogP contribution in [0.15, 0.2) is 18.2 Å². The molecule has 1 aromatic rings. The van der Waals surface area contributed by atoms with Crippen LogP contribution in [0.2, 0.25) is 0 Å². The van der Waals surface area contributed by atoms with Gasteiger partial charge >= 0.3 is 5.97 Å². The zero-order chi connectivity index (χ0) is 8.97. The third-order valence-electron chi connectivity index (χ3n) is 1.18. The molecule has 0 aliphatic carbocycles. The Labute approximate surface area is 70.4 Å². The topological polar surface area (TPSA) is 39.2 Å². The second-order valence-electron chi connectivity index (χ2n) is 2.15. The smallest absolute Gasteiger partial charge is 0.390 e. The van der Waals surface area contributed by atoms with Gasteiger partial charge in [0.1, 0.15) is 0 Å². The van der Waals surface area contributed by atoms with Crippen LogP contribution in [0.4, 0.5) is 0 Å². The molecule has 0 N–H and O–H groups in total. The number of carbonyl (C=O) groups is 1. The number of aryl methyl sites for hydroxylation is 1. The first-order valence-corrected chi connectivity index (χ1v) is 3.34. The van der Waals surface area contributed by atoms with Gasteiger partial charge in [0.15, 0.2) is 0 Å². The Morgan fingerprint density at radius 1 is 1.67 bits per heavy atom. The largest absolute Gasteiger partial charge is 0.398 e. The second-order valence-corrected chi connectivity index (χ2v) is 2.15. The molecule has 3 heteroatoms. The van der Waals surface area contributed by atoms with Gasteiger partial charge in [-0.25, -0.2) is 9.78 Å². The molecule has 1 aromatic heterocycles. The number of rotatable bonds is 1. The standard InChI is InChI=1S/C9H7NO2/c1-3-9(11)12-8-6-4-5-7(2)10-8/h1,4-6H,2H3. The summed E-state index contributed by atoms with van der Waals surface area (Å²) in [5.74, 6) is 1.34. The van der Waals surface area contributed by atoms with E-state index < -0.39 is 5.97 Å². The van der Waals surface area contributed by atoms with Gasteiger partial charge < -0.3 is 4.74 Å². The summed E-state index contributed by atoms with van der Waals surface area (Å²) < 4.78 is 4.66. The van der Waals surface area contributed by atoms with Gasteiger partial charge in [0.05, 0.1) is 0 Å². The van der Waals surface area contributed by atoms with Crippen LogP contribution in [0, 0.1) is 19.3 Å². The van der Waals surface area contributed by atoms with Crippen molar-refractivity contribution in [3.05, 3.63) is 23.9 Å². The van der Waals surface area contributed by atoms with Crippen molar-refractivity contribution >= 4 is 5.97 Å². The monoisotopic (exact) mass is 161 g/mol. The summed E-state index contributed by atoms with van der Waals surface area (Å²) in [5, 5.41) is 0. The van der Waals surface area contributed by atoms with Gasteiger partial charge in [-0.1, -0.05) is 6.07 Å². The Bertz CT molecular complexity index is 339. The van der Waals surface area contributed by atoms with E-state index in [9.17, 15) is 4.79 Å². The Balaban J connectivity index is 2.78. The van der Waals surface area contributed by atoms with Gasteiger partial charge in [-0.3, -0.25) is 0 Å². The minimum atomic E-state index is -0.729. The number of terminal acetylenes is 1. The predicted molar refractivity (Wildman–Crippen MR) is 43.4 cm³/mol. The molecule has 0 spiro atoms. The van der Waals surface area contributed by atoms with Crippen molar-refractivity contribution in [1.29, 1.82) is 0 Å². The van der Waals surface area contributed by atoms with Gasteiger partial charge in [0.2, 0.25) is 5.88 Å². The maximum absolute atomic E-state index is 10.6. The van der Waals surface area contributed by atoms with Crippen LogP contribution in [0.25, 0.3) is 0 Å². The molecular formula is C9H7NO2. The molecule has 0 aromatic carbocycles. The fourth-order valence-electron chi connectivity index (χ4n) is 0.699. The van der Waals surface area contributed by atoms with Crippen molar-refractivity contribution in [2.24, 2.45) is 0 Å². The molecule has 0 saturated heterocycles. The first-order chi connectivity index (χ1) is 5.72. The highest BCUT2D eigenvalue weighted by Crippen LogP contribution is 2.06. The van der Waals surface area contributed by atoms with E-state index in [1.807, 2.05) is 5.92 Å². The molecule has 0 atom stereocenters. The highest BCUT2D eigenvalue weighted by Gasteiger charge is 2.00. The van der Waals surface area contributed by atoms with E-state index >= 15 is 0 Å². The molecule has 0 fully saturated rings. The molecule has 0 aliphatic heterocycles. The number of esters is 1. The lowest BCUT2D eigenvalue weighted by Gasteiger charge is -1.98. The van der Waals surface area contributed by atoms with Crippen molar-refractivity contribution in [1.82, 2.24) is 4.98 Å². The Morgan fingerprint density at radius 3 is 3.00 bits per heavy atom. The zero-order valence-electron chi connectivity index (χ0n) is 6.57. The Hall–Kier alpha value is -1.82. The van der Waals surface area contributed by atoms with E-state index in [1.54, 1.807) is 25.1 Å². The van der Waals surface area contributed by atoms with Gasteiger partial charge in [-0.15, -0.1) is 6.42 Å². The third-order valence-corrected chi connectivity index (χ3v) is 1.18. The molecule has 1 heterocycles. The Morgan fingerprint density at radius 2 is 2.42 bits per heavy atom. The lowest BCUT2D eigenvalue weighted by Crippen LogP contribution is -2.05. The number of ether oxygens (including phenoxy) is 1. The van der Waals surface area contributed by atoms with Crippen LogP contribution in [-0.2, 0) is 4.79 Å². The molecule has 0 amide bonds. The van der Waals surface area contributed by atoms with Gasteiger partial charge in [0.25, 0.3) is 0 Å². The number of hydrogen-bond acceptors (Lipinski definition) is 3. The molecule has 0 aliphatic rings. The average molecular weight is 161 g/mol. The molecule has 12 heavy (non-hydrogen) atoms. The first kappa shape index (κ1) is 8.28. The summed E-state index contributed by atoms with van der Waals surface area (Å²) in [6.07, 6.45) is 4.81. The number of carbonyl (C=O) groups excluding carboxylic acids is 1. The normalized spacial score (nSPS) is 8.67. The van der Waals surface area contributed by atoms with Crippen LogP contribution < -0.4 is 4.74 Å². The fraction of sp³-hybridized carbons (Fsp3) is 0.111. The SMILES string of the molecule is C#CC(=O)Oc1cccc(C)n1. The number of hydrogen-bond donors (Lipinski definition) is 0. The van der Waals surface area contributed by atoms with E-state index in [4.69, 9.17) is 6.42 Å². The summed E-state index contributed by atoms with van der Waals surface area (Å²) in [4.78, 5) is 14.5. The molecule has 3 nitrogen and oxygen atoms in total. The Kier molecular flexibility index (Phi) is 2.44.